The van der Waals surface area contributed by atoms with Gasteiger partial charge in [0.1, 0.15) is 0 Å². The highest BCUT2D eigenvalue weighted by atomic mass is 16.5. The van der Waals surface area contributed by atoms with Crippen LogP contribution in [0.15, 0.2) is 42.6 Å². The Labute approximate surface area is 119 Å². The Morgan fingerprint density at radius 1 is 0.900 bits per heavy atom. The molecule has 1 heterocycles. The highest BCUT2D eigenvalue weighted by Gasteiger charge is 1.97. The summed E-state index contributed by atoms with van der Waals surface area (Å²) in [7, 11) is 3.33. The standard InChI is InChI=1S/C16H20N2O2/c1-19-12-14-5-3-13(4-6-14)9-17-10-15-7-8-16(20-2)18-11-15/h3-8,11,17H,9-10,12H2,1-2H3. The Bertz CT molecular complexity index is 509. The first-order valence-electron chi connectivity index (χ1n) is 6.58. The van der Waals surface area contributed by atoms with Crippen molar-refractivity contribution >= 4 is 0 Å². The van der Waals surface area contributed by atoms with E-state index in [1.165, 1.54) is 11.1 Å². The molecule has 20 heavy (non-hydrogen) atoms. The van der Waals surface area contributed by atoms with Crippen LogP contribution >= 0.6 is 0 Å². The zero-order valence-electron chi connectivity index (χ0n) is 11.9. The first kappa shape index (κ1) is 14.5. The lowest BCUT2D eigenvalue weighted by Gasteiger charge is -2.07. The van der Waals surface area contributed by atoms with Crippen LogP contribution in [0, 0.1) is 0 Å². The molecule has 0 radical (unpaired) electrons. The fourth-order valence-electron chi connectivity index (χ4n) is 1.91. The summed E-state index contributed by atoms with van der Waals surface area (Å²) in [5, 5.41) is 3.39. The lowest BCUT2D eigenvalue weighted by atomic mass is 10.1. The van der Waals surface area contributed by atoms with Gasteiger partial charge in [-0.15, -0.1) is 0 Å². The molecule has 0 aliphatic carbocycles. The van der Waals surface area contributed by atoms with Crippen molar-refractivity contribution in [1.29, 1.82) is 0 Å². The maximum atomic E-state index is 5.09. The molecule has 0 saturated carbocycles. The molecule has 4 heteroatoms. The van der Waals surface area contributed by atoms with Crippen LogP contribution in [0.2, 0.25) is 0 Å². The molecule has 0 unspecified atom stereocenters. The fraction of sp³-hybridized carbons (Fsp3) is 0.312. The van der Waals surface area contributed by atoms with E-state index in [0.29, 0.717) is 12.5 Å². The Morgan fingerprint density at radius 3 is 2.15 bits per heavy atom. The maximum Gasteiger partial charge on any atom is 0.212 e. The zero-order valence-corrected chi connectivity index (χ0v) is 11.9. The summed E-state index contributed by atoms with van der Waals surface area (Å²) in [6.45, 7) is 2.28. The van der Waals surface area contributed by atoms with Crippen molar-refractivity contribution < 1.29 is 9.47 Å². The van der Waals surface area contributed by atoms with Gasteiger partial charge in [0.05, 0.1) is 13.7 Å². The Hall–Kier alpha value is -1.91. The molecule has 0 aliphatic heterocycles. The number of hydrogen-bond donors (Lipinski definition) is 1. The van der Waals surface area contributed by atoms with Crippen LogP contribution in [0.25, 0.3) is 0 Å². The van der Waals surface area contributed by atoms with Crippen LogP contribution < -0.4 is 10.1 Å². The van der Waals surface area contributed by atoms with Gasteiger partial charge in [-0.2, -0.15) is 0 Å². The lowest BCUT2D eigenvalue weighted by molar-refractivity contribution is 0.185. The van der Waals surface area contributed by atoms with Crippen LogP contribution in [-0.2, 0) is 24.4 Å². The molecule has 1 aromatic heterocycles. The molecule has 0 bridgehead atoms. The number of pyridine rings is 1. The Kier molecular flexibility index (Phi) is 5.53. The van der Waals surface area contributed by atoms with Crippen molar-refractivity contribution in [1.82, 2.24) is 10.3 Å². The van der Waals surface area contributed by atoms with Gasteiger partial charge in [-0.25, -0.2) is 4.98 Å². The molecule has 1 aromatic carbocycles. The Balaban J connectivity index is 1.79. The van der Waals surface area contributed by atoms with Crippen LogP contribution in [0.5, 0.6) is 5.88 Å². The molecule has 0 atom stereocenters. The average Bonchev–Trinajstić information content (AvgIpc) is 2.50. The minimum absolute atomic E-state index is 0.641. The number of benzene rings is 1. The number of hydrogen-bond acceptors (Lipinski definition) is 4. The minimum atomic E-state index is 0.641. The summed E-state index contributed by atoms with van der Waals surface area (Å²) in [5.74, 6) is 0.641. The SMILES string of the molecule is COCc1ccc(CNCc2ccc(OC)nc2)cc1. The molecule has 0 saturated heterocycles. The topological polar surface area (TPSA) is 43.4 Å². The third kappa shape index (κ3) is 4.33. The first-order valence-corrected chi connectivity index (χ1v) is 6.58. The molecule has 4 nitrogen and oxygen atoms in total. The summed E-state index contributed by atoms with van der Waals surface area (Å²) in [6, 6.07) is 12.3. The summed E-state index contributed by atoms with van der Waals surface area (Å²) in [6.07, 6.45) is 1.83. The third-order valence-corrected chi connectivity index (χ3v) is 3.00. The summed E-state index contributed by atoms with van der Waals surface area (Å²) in [4.78, 5) is 4.18. The second kappa shape index (κ2) is 7.62. The van der Waals surface area contributed by atoms with E-state index >= 15 is 0 Å². The molecule has 2 aromatic rings. The molecule has 1 N–H and O–H groups in total. The maximum absolute atomic E-state index is 5.09. The molecule has 0 aliphatic rings. The van der Waals surface area contributed by atoms with Crippen molar-refractivity contribution in [3.8, 4) is 5.88 Å². The van der Waals surface area contributed by atoms with Crippen molar-refractivity contribution in [2.24, 2.45) is 0 Å². The van der Waals surface area contributed by atoms with Crippen LogP contribution in [-0.4, -0.2) is 19.2 Å². The highest BCUT2D eigenvalue weighted by molar-refractivity contribution is 5.22. The average molecular weight is 272 g/mol. The predicted molar refractivity (Wildman–Crippen MR) is 78.5 cm³/mol. The van der Waals surface area contributed by atoms with Gasteiger partial charge < -0.3 is 14.8 Å². The van der Waals surface area contributed by atoms with E-state index in [1.54, 1.807) is 14.2 Å². The van der Waals surface area contributed by atoms with Gasteiger partial charge in [0.25, 0.3) is 0 Å². The van der Waals surface area contributed by atoms with Gasteiger partial charge in [-0.3, -0.25) is 0 Å². The molecule has 0 fully saturated rings. The van der Waals surface area contributed by atoms with Gasteiger partial charge in [-0.05, 0) is 16.7 Å². The largest absolute Gasteiger partial charge is 0.481 e. The van der Waals surface area contributed by atoms with E-state index < -0.39 is 0 Å². The van der Waals surface area contributed by atoms with Crippen molar-refractivity contribution in [2.45, 2.75) is 19.7 Å². The monoisotopic (exact) mass is 272 g/mol. The Morgan fingerprint density at radius 2 is 1.55 bits per heavy atom. The van der Waals surface area contributed by atoms with E-state index in [4.69, 9.17) is 9.47 Å². The first-order chi connectivity index (χ1) is 9.81. The van der Waals surface area contributed by atoms with Crippen LogP contribution in [0.1, 0.15) is 16.7 Å². The van der Waals surface area contributed by atoms with Gasteiger partial charge >= 0.3 is 0 Å². The van der Waals surface area contributed by atoms with Crippen molar-refractivity contribution in [2.75, 3.05) is 14.2 Å². The van der Waals surface area contributed by atoms with Gasteiger partial charge in [0.15, 0.2) is 0 Å². The summed E-state index contributed by atoms with van der Waals surface area (Å²) >= 11 is 0. The number of aromatic nitrogens is 1. The summed E-state index contributed by atoms with van der Waals surface area (Å²) < 4.78 is 10.1. The number of nitrogens with one attached hydrogen (secondary N) is 1. The fourth-order valence-corrected chi connectivity index (χ4v) is 1.91. The highest BCUT2D eigenvalue weighted by Crippen LogP contribution is 2.08. The van der Waals surface area contributed by atoms with E-state index in [0.717, 1.165) is 18.7 Å². The van der Waals surface area contributed by atoms with Crippen molar-refractivity contribution in [3.63, 3.8) is 0 Å². The molecule has 0 spiro atoms. The molecule has 2 rings (SSSR count). The van der Waals surface area contributed by atoms with E-state index in [2.05, 4.69) is 34.6 Å². The van der Waals surface area contributed by atoms with Gasteiger partial charge in [-0.1, -0.05) is 30.3 Å². The van der Waals surface area contributed by atoms with E-state index in [9.17, 15) is 0 Å². The van der Waals surface area contributed by atoms with Crippen LogP contribution in [0.3, 0.4) is 0 Å². The molecule has 106 valence electrons. The van der Waals surface area contributed by atoms with Gasteiger partial charge in [0, 0.05) is 32.5 Å². The number of rotatable bonds is 7. The second-order valence-electron chi connectivity index (χ2n) is 4.56. The van der Waals surface area contributed by atoms with Crippen molar-refractivity contribution in [3.05, 3.63) is 59.3 Å². The molecule has 0 amide bonds. The summed E-state index contributed by atoms with van der Waals surface area (Å²) in [5.41, 5.74) is 3.59. The number of methoxy groups -OCH3 is 2. The second-order valence-corrected chi connectivity index (χ2v) is 4.56. The lowest BCUT2D eigenvalue weighted by Crippen LogP contribution is -2.12. The van der Waals surface area contributed by atoms with E-state index in [1.807, 2.05) is 18.3 Å². The quantitative estimate of drug-likeness (QED) is 0.841. The minimum Gasteiger partial charge on any atom is -0.481 e. The van der Waals surface area contributed by atoms with Gasteiger partial charge in [0.2, 0.25) is 5.88 Å². The number of ether oxygens (including phenoxy) is 2. The zero-order chi connectivity index (χ0) is 14.2. The smallest absolute Gasteiger partial charge is 0.212 e. The normalized spacial score (nSPS) is 10.5. The third-order valence-electron chi connectivity index (χ3n) is 3.00. The number of nitrogens with zero attached hydrogens (tertiary/aromatic N) is 1. The molecular weight excluding hydrogens is 252 g/mol. The van der Waals surface area contributed by atoms with E-state index in [-0.39, 0.29) is 0 Å². The predicted octanol–water partition coefficient (Wildman–Crippen LogP) is 2.53. The molecular formula is C16H20N2O2. The van der Waals surface area contributed by atoms with Crippen LogP contribution in [0.4, 0.5) is 0 Å².